The minimum Gasteiger partial charge on any atom is -0.496 e. The van der Waals surface area contributed by atoms with Crippen LogP contribution in [0, 0.1) is 0 Å². The van der Waals surface area contributed by atoms with Crippen molar-refractivity contribution in [2.75, 3.05) is 50.2 Å². The first-order valence-corrected chi connectivity index (χ1v) is 10.7. The number of carbonyl (C=O) groups is 2. The first-order chi connectivity index (χ1) is 15.1. The van der Waals surface area contributed by atoms with E-state index < -0.39 is 6.04 Å². The number of halogens is 1. The third-order valence-electron chi connectivity index (χ3n) is 5.58. The average Bonchev–Trinajstić information content (AvgIpc) is 3.30. The van der Waals surface area contributed by atoms with Crippen molar-refractivity contribution in [3.8, 4) is 5.75 Å². The highest BCUT2D eigenvalue weighted by atomic mass is 35.5. The number of amides is 2. The summed E-state index contributed by atoms with van der Waals surface area (Å²) < 4.78 is 10.7. The van der Waals surface area contributed by atoms with Crippen LogP contribution in [0.25, 0.3) is 0 Å². The Labute approximate surface area is 186 Å². The van der Waals surface area contributed by atoms with Crippen LogP contribution < -0.4 is 15.0 Å². The lowest BCUT2D eigenvalue weighted by atomic mass is 10.1. The molecule has 0 radical (unpaired) electrons. The molecule has 31 heavy (non-hydrogen) atoms. The molecule has 3 heterocycles. The van der Waals surface area contributed by atoms with Gasteiger partial charge in [0.15, 0.2) is 0 Å². The molecule has 2 fully saturated rings. The van der Waals surface area contributed by atoms with Gasteiger partial charge in [0, 0.05) is 24.7 Å². The van der Waals surface area contributed by atoms with Gasteiger partial charge in [0.2, 0.25) is 5.91 Å². The molecular weight excluding hydrogens is 420 g/mol. The number of nitrogens with one attached hydrogen (secondary N) is 1. The fourth-order valence-electron chi connectivity index (χ4n) is 3.96. The minimum atomic E-state index is -0.572. The molecule has 1 N–H and O–H groups in total. The Morgan fingerprint density at radius 1 is 1.19 bits per heavy atom. The Bertz CT molecular complexity index is 947. The van der Waals surface area contributed by atoms with E-state index in [9.17, 15) is 9.59 Å². The number of ether oxygens (including phenoxy) is 2. The highest BCUT2D eigenvalue weighted by Gasteiger charge is 2.35. The lowest BCUT2D eigenvalue weighted by Crippen LogP contribution is -2.43. The summed E-state index contributed by atoms with van der Waals surface area (Å²) in [6.07, 6.45) is 3.08. The van der Waals surface area contributed by atoms with Gasteiger partial charge in [0.05, 0.1) is 37.8 Å². The number of morpholine rings is 1. The lowest BCUT2D eigenvalue weighted by Gasteiger charge is -2.28. The molecule has 1 unspecified atom stereocenters. The molecule has 0 aliphatic carbocycles. The second-order valence-electron chi connectivity index (χ2n) is 7.49. The average molecular weight is 445 g/mol. The number of nitrogens with zero attached hydrogens (tertiary/aromatic N) is 3. The van der Waals surface area contributed by atoms with E-state index >= 15 is 0 Å². The first-order valence-electron chi connectivity index (χ1n) is 10.3. The topological polar surface area (TPSA) is 84.0 Å². The largest absolute Gasteiger partial charge is 0.496 e. The highest BCUT2D eigenvalue weighted by Crippen LogP contribution is 2.28. The Hall–Kier alpha value is -2.84. The van der Waals surface area contributed by atoms with Crippen LogP contribution in [0.3, 0.4) is 0 Å². The Kier molecular flexibility index (Phi) is 6.58. The molecule has 1 aromatic heterocycles. The molecule has 2 aromatic rings. The summed E-state index contributed by atoms with van der Waals surface area (Å²) in [4.78, 5) is 34.2. The van der Waals surface area contributed by atoms with Crippen molar-refractivity contribution in [1.82, 2.24) is 9.88 Å². The van der Waals surface area contributed by atoms with E-state index in [0.717, 1.165) is 25.2 Å². The summed E-state index contributed by atoms with van der Waals surface area (Å²) in [5.41, 5.74) is 1.34. The molecule has 1 aromatic carbocycles. The van der Waals surface area contributed by atoms with E-state index in [1.54, 1.807) is 35.4 Å². The van der Waals surface area contributed by atoms with E-state index in [4.69, 9.17) is 21.1 Å². The van der Waals surface area contributed by atoms with Gasteiger partial charge >= 0.3 is 0 Å². The number of methoxy groups -OCH3 is 1. The predicted octanol–water partition coefficient (Wildman–Crippen LogP) is 2.82. The zero-order valence-corrected chi connectivity index (χ0v) is 18.1. The Balaban J connectivity index is 1.44. The molecule has 4 rings (SSSR count). The van der Waals surface area contributed by atoms with Gasteiger partial charge in [0.25, 0.3) is 5.91 Å². The molecule has 2 aliphatic rings. The van der Waals surface area contributed by atoms with E-state index in [-0.39, 0.29) is 11.8 Å². The van der Waals surface area contributed by atoms with Gasteiger partial charge < -0.3 is 24.6 Å². The number of benzene rings is 1. The minimum absolute atomic E-state index is 0.251. The zero-order valence-electron chi connectivity index (χ0n) is 17.3. The molecule has 0 spiro atoms. The van der Waals surface area contributed by atoms with Crippen LogP contribution in [0.2, 0.25) is 5.02 Å². The maximum atomic E-state index is 13.1. The van der Waals surface area contributed by atoms with Crippen molar-refractivity contribution in [3.05, 3.63) is 47.1 Å². The number of likely N-dealkylation sites (tertiary alicyclic amines) is 1. The predicted molar refractivity (Wildman–Crippen MR) is 118 cm³/mol. The monoisotopic (exact) mass is 444 g/mol. The molecular formula is C22H25ClN4O4. The normalized spacial score (nSPS) is 18.7. The fraction of sp³-hybridized carbons (Fsp3) is 0.409. The standard InChI is InChI=1S/C22H25ClN4O4/c1-30-19-6-4-15(23)13-17(19)22(29)27-8-2-3-18(27)21(28)25-20-7-5-16(14-24-20)26-9-11-31-12-10-26/h4-7,13-14,18H,2-3,8-12H2,1H3,(H,24,25,28). The van der Waals surface area contributed by atoms with Crippen LogP contribution in [-0.4, -0.2) is 67.7 Å². The van der Waals surface area contributed by atoms with Crippen molar-refractivity contribution < 1.29 is 19.1 Å². The molecule has 8 nitrogen and oxygen atoms in total. The number of carbonyl (C=O) groups excluding carboxylic acids is 2. The van der Waals surface area contributed by atoms with E-state index in [1.807, 2.05) is 6.07 Å². The summed E-state index contributed by atoms with van der Waals surface area (Å²) in [5, 5.41) is 3.28. The number of aromatic nitrogens is 1. The second kappa shape index (κ2) is 9.53. The molecule has 9 heteroatoms. The molecule has 2 amide bonds. The maximum Gasteiger partial charge on any atom is 0.258 e. The second-order valence-corrected chi connectivity index (χ2v) is 7.93. The van der Waals surface area contributed by atoms with E-state index in [2.05, 4.69) is 15.2 Å². The number of hydrogen-bond acceptors (Lipinski definition) is 6. The van der Waals surface area contributed by atoms with Crippen LogP contribution in [0.5, 0.6) is 5.75 Å². The quantitative estimate of drug-likeness (QED) is 0.763. The van der Waals surface area contributed by atoms with Gasteiger partial charge in [-0.1, -0.05) is 11.6 Å². The third-order valence-corrected chi connectivity index (χ3v) is 5.82. The third kappa shape index (κ3) is 4.75. The Morgan fingerprint density at radius 3 is 2.71 bits per heavy atom. The Morgan fingerprint density at radius 2 is 2.00 bits per heavy atom. The number of hydrogen-bond donors (Lipinski definition) is 1. The van der Waals surface area contributed by atoms with Gasteiger partial charge in [-0.05, 0) is 43.2 Å². The number of pyridine rings is 1. The molecule has 0 saturated carbocycles. The van der Waals surface area contributed by atoms with Crippen LogP contribution in [0.4, 0.5) is 11.5 Å². The van der Waals surface area contributed by atoms with Gasteiger partial charge in [-0.3, -0.25) is 9.59 Å². The van der Waals surface area contributed by atoms with Crippen LogP contribution in [0.1, 0.15) is 23.2 Å². The summed E-state index contributed by atoms with van der Waals surface area (Å²) in [5.74, 6) is 0.369. The van der Waals surface area contributed by atoms with Gasteiger partial charge in [-0.15, -0.1) is 0 Å². The van der Waals surface area contributed by atoms with Crippen LogP contribution in [-0.2, 0) is 9.53 Å². The van der Waals surface area contributed by atoms with Crippen molar-refractivity contribution in [2.24, 2.45) is 0 Å². The van der Waals surface area contributed by atoms with Crippen molar-refractivity contribution in [3.63, 3.8) is 0 Å². The smallest absolute Gasteiger partial charge is 0.258 e. The van der Waals surface area contributed by atoms with Crippen molar-refractivity contribution in [2.45, 2.75) is 18.9 Å². The summed E-state index contributed by atoms with van der Waals surface area (Å²) in [6.45, 7) is 3.53. The maximum absolute atomic E-state index is 13.1. The molecule has 164 valence electrons. The van der Waals surface area contributed by atoms with Crippen LogP contribution >= 0.6 is 11.6 Å². The van der Waals surface area contributed by atoms with E-state index in [1.165, 1.54) is 7.11 Å². The zero-order chi connectivity index (χ0) is 21.8. The van der Waals surface area contributed by atoms with Crippen molar-refractivity contribution >= 4 is 34.9 Å². The van der Waals surface area contributed by atoms with Gasteiger partial charge in [0.1, 0.15) is 17.6 Å². The lowest BCUT2D eigenvalue weighted by molar-refractivity contribution is -0.119. The van der Waals surface area contributed by atoms with E-state index in [0.29, 0.717) is 48.3 Å². The molecule has 1 atom stereocenters. The SMILES string of the molecule is COc1ccc(Cl)cc1C(=O)N1CCCC1C(=O)Nc1ccc(N2CCOCC2)cn1. The van der Waals surface area contributed by atoms with Crippen molar-refractivity contribution in [1.29, 1.82) is 0 Å². The summed E-state index contributed by atoms with van der Waals surface area (Å²) >= 11 is 6.08. The van der Waals surface area contributed by atoms with Gasteiger partial charge in [-0.25, -0.2) is 4.98 Å². The fourth-order valence-corrected chi connectivity index (χ4v) is 4.13. The summed E-state index contributed by atoms with van der Waals surface area (Å²) in [7, 11) is 1.50. The highest BCUT2D eigenvalue weighted by molar-refractivity contribution is 6.31. The molecule has 2 aliphatic heterocycles. The van der Waals surface area contributed by atoms with Crippen LogP contribution in [0.15, 0.2) is 36.5 Å². The molecule has 2 saturated heterocycles. The molecule has 0 bridgehead atoms. The first kappa shape index (κ1) is 21.4. The van der Waals surface area contributed by atoms with Gasteiger partial charge in [-0.2, -0.15) is 0 Å². The number of anilines is 2. The number of rotatable bonds is 5. The summed E-state index contributed by atoms with van der Waals surface area (Å²) in [6, 6.07) is 8.03.